The maximum atomic E-state index is 12.1. The molecule has 0 radical (unpaired) electrons. The van der Waals surface area contributed by atoms with Crippen molar-refractivity contribution in [3.05, 3.63) is 0 Å². The minimum atomic E-state index is -4.16. The quantitative estimate of drug-likeness (QED) is 0.740. The molecule has 18 heavy (non-hydrogen) atoms. The molecule has 0 aromatic carbocycles. The van der Waals surface area contributed by atoms with E-state index in [1.54, 1.807) is 0 Å². The Morgan fingerprint density at radius 2 is 1.83 bits per heavy atom. The molecule has 0 atom stereocenters. The summed E-state index contributed by atoms with van der Waals surface area (Å²) < 4.78 is 57.8. The summed E-state index contributed by atoms with van der Waals surface area (Å²) in [7, 11) is -3.48. The number of nitrogens with one attached hydrogen (secondary N) is 1. The van der Waals surface area contributed by atoms with Gasteiger partial charge in [-0.05, 0) is 25.9 Å². The van der Waals surface area contributed by atoms with Crippen LogP contribution in [0.15, 0.2) is 0 Å². The van der Waals surface area contributed by atoms with Crippen molar-refractivity contribution in [1.29, 1.82) is 0 Å². The number of halogens is 3. The summed E-state index contributed by atoms with van der Waals surface area (Å²) in [5.74, 6) is -0.157. The van der Waals surface area contributed by atoms with Crippen LogP contribution in [-0.2, 0) is 10.0 Å². The third-order valence-corrected chi connectivity index (χ3v) is 3.58. The average molecular weight is 289 g/mol. The van der Waals surface area contributed by atoms with Gasteiger partial charge in [0.15, 0.2) is 0 Å². The van der Waals surface area contributed by atoms with Gasteiger partial charge < -0.3 is 5.32 Å². The number of likely N-dealkylation sites (tertiary alicyclic amines) is 1. The normalized spacial score (nSPS) is 20.2. The van der Waals surface area contributed by atoms with Crippen molar-refractivity contribution in [3.8, 4) is 0 Å². The van der Waals surface area contributed by atoms with Crippen molar-refractivity contribution >= 4 is 10.0 Å². The molecule has 1 heterocycles. The lowest BCUT2D eigenvalue weighted by molar-refractivity contribution is -0.148. The summed E-state index contributed by atoms with van der Waals surface area (Å²) in [4.78, 5) is 1.36. The van der Waals surface area contributed by atoms with Gasteiger partial charge in [-0.25, -0.2) is 13.6 Å². The molecule has 0 aromatic heterocycles. The number of nitrogens with zero attached hydrogens (tertiary/aromatic N) is 1. The van der Waals surface area contributed by atoms with Gasteiger partial charge in [0.05, 0.1) is 12.3 Å². The first kappa shape index (κ1) is 15.7. The third-order valence-electron chi connectivity index (χ3n) is 2.81. The van der Waals surface area contributed by atoms with E-state index in [0.29, 0.717) is 25.9 Å². The van der Waals surface area contributed by atoms with Gasteiger partial charge in [0.25, 0.3) is 0 Å². The van der Waals surface area contributed by atoms with Gasteiger partial charge in [0.1, 0.15) is 0 Å². The number of alkyl halides is 3. The maximum absolute atomic E-state index is 12.1. The molecule has 108 valence electrons. The molecule has 0 amide bonds. The highest BCUT2D eigenvalue weighted by molar-refractivity contribution is 7.89. The lowest BCUT2D eigenvalue weighted by Gasteiger charge is -2.32. The molecule has 0 bridgehead atoms. The van der Waals surface area contributed by atoms with E-state index in [-0.39, 0.29) is 18.3 Å². The summed E-state index contributed by atoms with van der Waals surface area (Å²) in [6, 6.07) is 0.0660. The fraction of sp³-hybridized carbons (Fsp3) is 1.00. The van der Waals surface area contributed by atoms with Crippen molar-refractivity contribution < 1.29 is 21.6 Å². The zero-order valence-electron chi connectivity index (χ0n) is 9.91. The number of rotatable bonds is 5. The molecule has 3 N–H and O–H groups in total. The van der Waals surface area contributed by atoms with Crippen LogP contribution in [0.4, 0.5) is 13.2 Å². The van der Waals surface area contributed by atoms with Crippen molar-refractivity contribution in [2.75, 3.05) is 31.9 Å². The predicted molar refractivity (Wildman–Crippen MR) is 61.5 cm³/mol. The topological polar surface area (TPSA) is 75.4 Å². The Hall–Kier alpha value is -0.380. The minimum Gasteiger partial charge on any atom is -0.313 e. The number of nitrogens with two attached hydrogens (primary N) is 1. The Bertz CT molecular complexity index is 351. The summed E-state index contributed by atoms with van der Waals surface area (Å²) >= 11 is 0. The molecule has 0 aromatic rings. The Labute approximate surface area is 105 Å². The first-order chi connectivity index (χ1) is 8.16. The van der Waals surface area contributed by atoms with Crippen LogP contribution in [0.5, 0.6) is 0 Å². The average Bonchev–Trinajstić information content (AvgIpc) is 2.16. The zero-order valence-corrected chi connectivity index (χ0v) is 10.7. The second-order valence-corrected chi connectivity index (χ2v) is 6.22. The molecule has 0 aliphatic carbocycles. The Balaban J connectivity index is 2.20. The van der Waals surface area contributed by atoms with Gasteiger partial charge in [0.2, 0.25) is 10.0 Å². The van der Waals surface area contributed by atoms with Crippen LogP contribution in [0.25, 0.3) is 0 Å². The molecular weight excluding hydrogens is 271 g/mol. The number of hydrogen-bond donors (Lipinski definition) is 2. The van der Waals surface area contributed by atoms with E-state index < -0.39 is 22.7 Å². The molecule has 5 nitrogen and oxygen atoms in total. The molecule has 1 rings (SSSR count). The first-order valence-corrected chi connectivity index (χ1v) is 7.40. The van der Waals surface area contributed by atoms with Crippen LogP contribution >= 0.6 is 0 Å². The second kappa shape index (κ2) is 6.18. The molecule has 0 unspecified atom stereocenters. The Morgan fingerprint density at radius 3 is 2.28 bits per heavy atom. The summed E-state index contributed by atoms with van der Waals surface area (Å²) in [6.45, 7) is 0.0960. The van der Waals surface area contributed by atoms with Gasteiger partial charge in [-0.3, -0.25) is 4.90 Å². The lowest BCUT2D eigenvalue weighted by Crippen LogP contribution is -2.46. The van der Waals surface area contributed by atoms with Crippen LogP contribution in [0.1, 0.15) is 12.8 Å². The highest BCUT2D eigenvalue weighted by Crippen LogP contribution is 2.19. The van der Waals surface area contributed by atoms with Crippen LogP contribution < -0.4 is 10.5 Å². The van der Waals surface area contributed by atoms with Crippen molar-refractivity contribution in [1.82, 2.24) is 10.2 Å². The molecular formula is C9H18F3N3O2S. The number of sulfonamides is 1. The first-order valence-electron chi connectivity index (χ1n) is 5.69. The van der Waals surface area contributed by atoms with E-state index in [1.807, 2.05) is 0 Å². The van der Waals surface area contributed by atoms with Gasteiger partial charge >= 0.3 is 6.18 Å². The molecule has 0 saturated carbocycles. The zero-order chi connectivity index (χ0) is 13.8. The smallest absolute Gasteiger partial charge is 0.313 e. The van der Waals surface area contributed by atoms with Crippen molar-refractivity contribution in [2.45, 2.75) is 25.1 Å². The van der Waals surface area contributed by atoms with Gasteiger partial charge in [0, 0.05) is 12.6 Å². The highest BCUT2D eigenvalue weighted by atomic mass is 32.2. The van der Waals surface area contributed by atoms with Gasteiger partial charge in [-0.2, -0.15) is 13.2 Å². The van der Waals surface area contributed by atoms with Crippen LogP contribution in [0.3, 0.4) is 0 Å². The van der Waals surface area contributed by atoms with Crippen molar-refractivity contribution in [3.63, 3.8) is 0 Å². The standard InChI is InChI=1S/C9H18F3N3O2S/c10-9(11,12)7-15-4-1-8(2-5-15)14-3-6-18(13,16)17/h8,14H,1-7H2,(H2,13,16,17). The molecule has 1 aliphatic rings. The molecule has 1 aliphatic heterocycles. The SMILES string of the molecule is NS(=O)(=O)CCNC1CCN(CC(F)(F)F)CC1. The second-order valence-electron chi connectivity index (χ2n) is 4.49. The van der Waals surface area contributed by atoms with Gasteiger partial charge in [-0.1, -0.05) is 0 Å². The molecule has 1 fully saturated rings. The van der Waals surface area contributed by atoms with Crippen LogP contribution in [0, 0.1) is 0 Å². The lowest BCUT2D eigenvalue weighted by atomic mass is 10.1. The Morgan fingerprint density at radius 1 is 1.28 bits per heavy atom. The molecule has 1 saturated heterocycles. The molecule has 0 spiro atoms. The van der Waals surface area contributed by atoms with Crippen LogP contribution in [-0.4, -0.2) is 57.5 Å². The highest BCUT2D eigenvalue weighted by Gasteiger charge is 2.32. The molecule has 9 heteroatoms. The van der Waals surface area contributed by atoms with Crippen LogP contribution in [0.2, 0.25) is 0 Å². The fourth-order valence-corrected chi connectivity index (χ4v) is 2.36. The van der Waals surface area contributed by atoms with Crippen molar-refractivity contribution in [2.24, 2.45) is 5.14 Å². The fourth-order valence-electron chi connectivity index (χ4n) is 1.95. The number of hydrogen-bond acceptors (Lipinski definition) is 4. The third kappa shape index (κ3) is 7.14. The maximum Gasteiger partial charge on any atom is 0.401 e. The van der Waals surface area contributed by atoms with E-state index in [9.17, 15) is 21.6 Å². The number of primary sulfonamides is 1. The summed E-state index contributed by atoms with van der Waals surface area (Å²) in [5.41, 5.74) is 0. The van der Waals surface area contributed by atoms with E-state index in [2.05, 4.69) is 5.32 Å². The largest absolute Gasteiger partial charge is 0.401 e. The van der Waals surface area contributed by atoms with E-state index in [4.69, 9.17) is 5.14 Å². The Kier molecular flexibility index (Phi) is 5.38. The van der Waals surface area contributed by atoms with E-state index in [1.165, 1.54) is 4.90 Å². The monoisotopic (exact) mass is 289 g/mol. The van der Waals surface area contributed by atoms with E-state index >= 15 is 0 Å². The predicted octanol–water partition coefficient (Wildman–Crippen LogP) is -0.109. The summed E-state index contributed by atoms with van der Waals surface area (Å²) in [6.07, 6.45) is -2.99. The minimum absolute atomic E-state index is 0.0660. The van der Waals surface area contributed by atoms with Gasteiger partial charge in [-0.15, -0.1) is 0 Å². The van der Waals surface area contributed by atoms with E-state index in [0.717, 1.165) is 0 Å². The summed E-state index contributed by atoms with van der Waals surface area (Å²) in [5, 5.41) is 7.84. The number of piperidine rings is 1.